The van der Waals surface area contributed by atoms with Gasteiger partial charge in [-0.3, -0.25) is 4.79 Å². The van der Waals surface area contributed by atoms with Gasteiger partial charge in [-0.05, 0) is 42.5 Å². The zero-order chi connectivity index (χ0) is 13.0. The Labute approximate surface area is 105 Å². The first-order valence-electron chi connectivity index (χ1n) is 5.50. The molecule has 1 amide bonds. The molecule has 92 valence electrons. The Hall–Kier alpha value is -2.49. The van der Waals surface area contributed by atoms with E-state index in [9.17, 15) is 4.79 Å². The Morgan fingerprint density at radius 2 is 1.89 bits per heavy atom. The van der Waals surface area contributed by atoms with E-state index in [1.54, 1.807) is 55.6 Å². The highest BCUT2D eigenvalue weighted by Crippen LogP contribution is 2.15. The molecule has 0 atom stereocenters. The molecular weight excluding hydrogens is 228 g/mol. The van der Waals surface area contributed by atoms with Gasteiger partial charge in [0, 0.05) is 16.9 Å². The minimum atomic E-state index is -0.182. The fourth-order valence-corrected chi connectivity index (χ4v) is 1.53. The smallest absolute Gasteiger partial charge is 0.255 e. The van der Waals surface area contributed by atoms with Crippen molar-refractivity contribution in [1.29, 1.82) is 0 Å². The van der Waals surface area contributed by atoms with Crippen molar-refractivity contribution in [2.45, 2.75) is 0 Å². The maximum absolute atomic E-state index is 12.0. The summed E-state index contributed by atoms with van der Waals surface area (Å²) in [5, 5.41) is 2.79. The molecule has 0 heterocycles. The zero-order valence-electron chi connectivity index (χ0n) is 10.0. The molecule has 18 heavy (non-hydrogen) atoms. The molecule has 4 heteroatoms. The Balaban J connectivity index is 2.14. The Morgan fingerprint density at radius 1 is 1.17 bits per heavy atom. The molecule has 0 spiro atoms. The lowest BCUT2D eigenvalue weighted by Crippen LogP contribution is -2.11. The summed E-state index contributed by atoms with van der Waals surface area (Å²) in [5.41, 5.74) is 7.49. The summed E-state index contributed by atoms with van der Waals surface area (Å²) < 4.78 is 5.07. The van der Waals surface area contributed by atoms with Gasteiger partial charge >= 0.3 is 0 Å². The van der Waals surface area contributed by atoms with Crippen molar-refractivity contribution < 1.29 is 9.53 Å². The number of benzene rings is 2. The highest BCUT2D eigenvalue weighted by atomic mass is 16.5. The van der Waals surface area contributed by atoms with Gasteiger partial charge in [-0.25, -0.2) is 0 Å². The van der Waals surface area contributed by atoms with Gasteiger partial charge < -0.3 is 15.8 Å². The molecule has 0 aromatic heterocycles. The second kappa shape index (κ2) is 5.23. The van der Waals surface area contributed by atoms with Gasteiger partial charge in [-0.2, -0.15) is 0 Å². The number of hydrogen-bond donors (Lipinski definition) is 2. The first kappa shape index (κ1) is 12.0. The van der Waals surface area contributed by atoms with Crippen LogP contribution < -0.4 is 15.8 Å². The van der Waals surface area contributed by atoms with E-state index in [0.29, 0.717) is 22.7 Å². The Kier molecular flexibility index (Phi) is 3.48. The quantitative estimate of drug-likeness (QED) is 0.813. The lowest BCUT2D eigenvalue weighted by atomic mass is 10.2. The van der Waals surface area contributed by atoms with Gasteiger partial charge in [-0.15, -0.1) is 0 Å². The van der Waals surface area contributed by atoms with Crippen molar-refractivity contribution in [3.63, 3.8) is 0 Å². The molecule has 0 aliphatic rings. The van der Waals surface area contributed by atoms with Crippen LogP contribution in [0.2, 0.25) is 0 Å². The minimum Gasteiger partial charge on any atom is -0.497 e. The molecule has 0 fully saturated rings. The number of methoxy groups -OCH3 is 1. The first-order chi connectivity index (χ1) is 8.69. The number of carbonyl (C=O) groups is 1. The maximum Gasteiger partial charge on any atom is 0.255 e. The molecule has 4 nitrogen and oxygen atoms in total. The third-order valence-electron chi connectivity index (χ3n) is 2.50. The summed E-state index contributed by atoms with van der Waals surface area (Å²) in [6, 6.07) is 14.0. The Morgan fingerprint density at radius 3 is 2.56 bits per heavy atom. The van der Waals surface area contributed by atoms with Crippen molar-refractivity contribution >= 4 is 17.3 Å². The molecule has 0 aliphatic heterocycles. The highest BCUT2D eigenvalue weighted by Gasteiger charge is 2.06. The van der Waals surface area contributed by atoms with Gasteiger partial charge in [0.25, 0.3) is 5.91 Å². The van der Waals surface area contributed by atoms with Crippen LogP contribution in [0.15, 0.2) is 48.5 Å². The third-order valence-corrected chi connectivity index (χ3v) is 2.50. The topological polar surface area (TPSA) is 64.3 Å². The minimum absolute atomic E-state index is 0.182. The molecule has 2 aromatic rings. The SMILES string of the molecule is COc1cccc(C(=O)Nc2ccc(N)cc2)c1. The van der Waals surface area contributed by atoms with Crippen LogP contribution in [0.3, 0.4) is 0 Å². The van der Waals surface area contributed by atoms with Crippen LogP contribution in [-0.2, 0) is 0 Å². The average molecular weight is 242 g/mol. The normalized spacial score (nSPS) is 9.83. The highest BCUT2D eigenvalue weighted by molar-refractivity contribution is 6.04. The lowest BCUT2D eigenvalue weighted by Gasteiger charge is -2.06. The molecule has 0 saturated carbocycles. The van der Waals surface area contributed by atoms with E-state index >= 15 is 0 Å². The summed E-state index contributed by atoms with van der Waals surface area (Å²) in [4.78, 5) is 12.0. The van der Waals surface area contributed by atoms with Gasteiger partial charge in [0.2, 0.25) is 0 Å². The standard InChI is InChI=1S/C14H14N2O2/c1-18-13-4-2-3-10(9-13)14(17)16-12-7-5-11(15)6-8-12/h2-9H,15H2,1H3,(H,16,17). The van der Waals surface area contributed by atoms with Crippen LogP contribution in [0.4, 0.5) is 11.4 Å². The van der Waals surface area contributed by atoms with E-state index in [2.05, 4.69) is 5.32 Å². The second-order valence-electron chi connectivity index (χ2n) is 3.81. The molecule has 0 bridgehead atoms. The van der Waals surface area contributed by atoms with E-state index in [4.69, 9.17) is 10.5 Å². The van der Waals surface area contributed by atoms with E-state index in [1.807, 2.05) is 0 Å². The number of nitrogens with one attached hydrogen (secondary N) is 1. The second-order valence-corrected chi connectivity index (χ2v) is 3.81. The molecule has 0 unspecified atom stereocenters. The molecule has 0 aliphatic carbocycles. The number of rotatable bonds is 3. The summed E-state index contributed by atoms with van der Waals surface area (Å²) >= 11 is 0. The first-order valence-corrected chi connectivity index (χ1v) is 5.50. The van der Waals surface area contributed by atoms with Gasteiger partial charge in [-0.1, -0.05) is 6.07 Å². The largest absolute Gasteiger partial charge is 0.497 e. The number of nitrogen functional groups attached to an aromatic ring is 1. The van der Waals surface area contributed by atoms with Crippen molar-refractivity contribution in [3.8, 4) is 5.75 Å². The molecule has 0 radical (unpaired) electrons. The Bertz CT molecular complexity index is 550. The molecule has 2 aromatic carbocycles. The number of hydrogen-bond acceptors (Lipinski definition) is 3. The average Bonchev–Trinajstić information content (AvgIpc) is 2.41. The molecule has 3 N–H and O–H groups in total. The molecule has 2 rings (SSSR count). The number of carbonyl (C=O) groups excluding carboxylic acids is 1. The predicted octanol–water partition coefficient (Wildman–Crippen LogP) is 2.53. The van der Waals surface area contributed by atoms with Gasteiger partial charge in [0.15, 0.2) is 0 Å². The monoisotopic (exact) mass is 242 g/mol. The number of amides is 1. The molecular formula is C14H14N2O2. The van der Waals surface area contributed by atoms with E-state index in [1.165, 1.54) is 0 Å². The summed E-state index contributed by atoms with van der Waals surface area (Å²) in [6.07, 6.45) is 0. The summed E-state index contributed by atoms with van der Waals surface area (Å²) in [6.45, 7) is 0. The third kappa shape index (κ3) is 2.79. The van der Waals surface area contributed by atoms with E-state index < -0.39 is 0 Å². The van der Waals surface area contributed by atoms with Crippen LogP contribution in [0.1, 0.15) is 10.4 Å². The molecule has 0 saturated heterocycles. The number of anilines is 2. The van der Waals surface area contributed by atoms with Crippen LogP contribution in [-0.4, -0.2) is 13.0 Å². The van der Waals surface area contributed by atoms with Crippen LogP contribution in [0.25, 0.3) is 0 Å². The number of nitrogens with two attached hydrogens (primary N) is 1. The van der Waals surface area contributed by atoms with Crippen molar-refractivity contribution in [2.24, 2.45) is 0 Å². The van der Waals surface area contributed by atoms with Gasteiger partial charge in [0.1, 0.15) is 5.75 Å². The summed E-state index contributed by atoms with van der Waals surface area (Å²) in [7, 11) is 1.57. The van der Waals surface area contributed by atoms with Crippen molar-refractivity contribution in [1.82, 2.24) is 0 Å². The van der Waals surface area contributed by atoms with E-state index in [0.717, 1.165) is 0 Å². The van der Waals surface area contributed by atoms with Crippen LogP contribution >= 0.6 is 0 Å². The maximum atomic E-state index is 12.0. The van der Waals surface area contributed by atoms with Crippen molar-refractivity contribution in [2.75, 3.05) is 18.2 Å². The van der Waals surface area contributed by atoms with Crippen molar-refractivity contribution in [3.05, 3.63) is 54.1 Å². The zero-order valence-corrected chi connectivity index (χ0v) is 10.0. The van der Waals surface area contributed by atoms with Crippen LogP contribution in [0.5, 0.6) is 5.75 Å². The van der Waals surface area contributed by atoms with Gasteiger partial charge in [0.05, 0.1) is 7.11 Å². The number of ether oxygens (including phenoxy) is 1. The summed E-state index contributed by atoms with van der Waals surface area (Å²) in [5.74, 6) is 0.471. The van der Waals surface area contributed by atoms with E-state index in [-0.39, 0.29) is 5.91 Å². The predicted molar refractivity (Wildman–Crippen MR) is 71.8 cm³/mol. The fraction of sp³-hybridized carbons (Fsp3) is 0.0714. The van der Waals surface area contributed by atoms with Crippen LogP contribution in [0, 0.1) is 0 Å². The fourth-order valence-electron chi connectivity index (χ4n) is 1.53. The lowest BCUT2D eigenvalue weighted by molar-refractivity contribution is 0.102.